The fraction of sp³-hybridized carbons (Fsp3) is 0.500. The van der Waals surface area contributed by atoms with Crippen LogP contribution >= 0.6 is 15.9 Å². The summed E-state index contributed by atoms with van der Waals surface area (Å²) in [6.45, 7) is 3.79. The molecule has 4 nitrogen and oxygen atoms in total. The molecule has 1 fully saturated rings. The van der Waals surface area contributed by atoms with Crippen molar-refractivity contribution < 1.29 is 9.90 Å². The smallest absolute Gasteiger partial charge is 0.305 e. The second-order valence-corrected chi connectivity index (χ2v) is 5.81. The van der Waals surface area contributed by atoms with Gasteiger partial charge in [-0.1, -0.05) is 12.1 Å². The number of hydrogen-bond acceptors (Lipinski definition) is 3. The first-order chi connectivity index (χ1) is 9.09. The number of carboxylic acids is 1. The highest BCUT2D eigenvalue weighted by molar-refractivity contribution is 9.10. The number of rotatable bonds is 3. The molecular weight excluding hydrogens is 308 g/mol. The summed E-state index contributed by atoms with van der Waals surface area (Å²) in [5, 5.41) is 12.4. The minimum atomic E-state index is -0.752. The lowest BCUT2D eigenvalue weighted by molar-refractivity contribution is -0.137. The van der Waals surface area contributed by atoms with E-state index in [0.717, 1.165) is 23.1 Å². The van der Waals surface area contributed by atoms with Gasteiger partial charge in [0.05, 0.1) is 18.2 Å². The van der Waals surface area contributed by atoms with Crippen LogP contribution < -0.4 is 10.2 Å². The summed E-state index contributed by atoms with van der Waals surface area (Å²) in [4.78, 5) is 13.3. The Bertz CT molecular complexity index is 453. The number of para-hydroxylation sites is 1. The van der Waals surface area contributed by atoms with Crippen LogP contribution in [0.5, 0.6) is 0 Å². The molecule has 104 valence electrons. The van der Waals surface area contributed by atoms with Crippen LogP contribution in [0.4, 0.5) is 5.69 Å². The zero-order valence-electron chi connectivity index (χ0n) is 11.0. The van der Waals surface area contributed by atoms with Gasteiger partial charge in [-0.3, -0.25) is 4.79 Å². The van der Waals surface area contributed by atoms with E-state index in [0.29, 0.717) is 12.6 Å². The molecule has 2 N–H and O–H groups in total. The monoisotopic (exact) mass is 326 g/mol. The summed E-state index contributed by atoms with van der Waals surface area (Å²) in [6, 6.07) is 8.30. The fourth-order valence-electron chi connectivity index (χ4n) is 2.64. The molecule has 1 aromatic rings. The average Bonchev–Trinajstić information content (AvgIpc) is 2.52. The van der Waals surface area contributed by atoms with Gasteiger partial charge >= 0.3 is 5.97 Å². The van der Waals surface area contributed by atoms with Crippen molar-refractivity contribution in [3.8, 4) is 0 Å². The molecule has 1 heterocycles. The Morgan fingerprint density at radius 3 is 2.95 bits per heavy atom. The second-order valence-electron chi connectivity index (χ2n) is 4.95. The largest absolute Gasteiger partial charge is 0.481 e. The minimum Gasteiger partial charge on any atom is -0.481 e. The lowest BCUT2D eigenvalue weighted by Crippen LogP contribution is -2.45. The van der Waals surface area contributed by atoms with E-state index < -0.39 is 5.97 Å². The number of nitrogens with one attached hydrogen (secondary N) is 1. The summed E-state index contributed by atoms with van der Waals surface area (Å²) in [5.41, 5.74) is 1.07. The molecule has 0 bridgehead atoms. The molecule has 19 heavy (non-hydrogen) atoms. The zero-order valence-corrected chi connectivity index (χ0v) is 12.6. The van der Waals surface area contributed by atoms with Crippen LogP contribution in [0.2, 0.25) is 0 Å². The van der Waals surface area contributed by atoms with Gasteiger partial charge in [-0.15, -0.1) is 0 Å². The number of halogens is 1. The normalized spacial score (nSPS) is 24.0. The minimum absolute atomic E-state index is 0.0197. The van der Waals surface area contributed by atoms with Crippen LogP contribution in [0.15, 0.2) is 28.7 Å². The van der Waals surface area contributed by atoms with E-state index >= 15 is 0 Å². The van der Waals surface area contributed by atoms with Crippen molar-refractivity contribution in [2.75, 3.05) is 18.0 Å². The number of carbonyl (C=O) groups is 1. The highest BCUT2D eigenvalue weighted by atomic mass is 79.9. The topological polar surface area (TPSA) is 52.6 Å². The molecule has 1 aromatic carbocycles. The molecular formula is C14H19BrN2O2. The van der Waals surface area contributed by atoms with Gasteiger partial charge in [0.15, 0.2) is 0 Å². The van der Waals surface area contributed by atoms with Crippen LogP contribution in [-0.2, 0) is 4.79 Å². The quantitative estimate of drug-likeness (QED) is 0.896. The van der Waals surface area contributed by atoms with Crippen molar-refractivity contribution >= 4 is 27.6 Å². The Labute approximate surface area is 121 Å². The lowest BCUT2D eigenvalue weighted by atomic mass is 10.1. The number of nitrogens with zero attached hydrogens (tertiary/aromatic N) is 1. The SMILES string of the molecule is CC1CCNCC(CC(=O)O)N1c1ccccc1Br. The summed E-state index contributed by atoms with van der Waals surface area (Å²) < 4.78 is 1.01. The van der Waals surface area contributed by atoms with E-state index in [1.165, 1.54) is 0 Å². The second kappa shape index (κ2) is 6.39. The average molecular weight is 327 g/mol. The molecule has 5 heteroatoms. The number of carboxylic acid groups (broad SMARTS) is 1. The van der Waals surface area contributed by atoms with Crippen LogP contribution in [0.3, 0.4) is 0 Å². The van der Waals surface area contributed by atoms with Crippen molar-refractivity contribution in [3.63, 3.8) is 0 Å². The van der Waals surface area contributed by atoms with Crippen molar-refractivity contribution in [2.45, 2.75) is 31.8 Å². The molecule has 0 aromatic heterocycles. The molecule has 1 aliphatic heterocycles. The first-order valence-corrected chi connectivity index (χ1v) is 7.34. The molecule has 2 rings (SSSR count). The third-order valence-corrected chi connectivity index (χ3v) is 4.20. The molecule has 0 radical (unpaired) electrons. The van der Waals surface area contributed by atoms with Gasteiger partial charge in [-0.05, 0) is 48.0 Å². The molecule has 1 saturated heterocycles. The predicted molar refractivity (Wildman–Crippen MR) is 79.6 cm³/mol. The molecule has 2 unspecified atom stereocenters. The van der Waals surface area contributed by atoms with Gasteiger partial charge in [-0.25, -0.2) is 0 Å². The third-order valence-electron chi connectivity index (χ3n) is 3.53. The Morgan fingerprint density at radius 2 is 2.26 bits per heavy atom. The lowest BCUT2D eigenvalue weighted by Gasteiger charge is -2.36. The highest BCUT2D eigenvalue weighted by Gasteiger charge is 2.29. The van der Waals surface area contributed by atoms with Gasteiger partial charge in [0.2, 0.25) is 0 Å². The first kappa shape index (κ1) is 14.3. The Morgan fingerprint density at radius 1 is 1.53 bits per heavy atom. The highest BCUT2D eigenvalue weighted by Crippen LogP contribution is 2.31. The maximum atomic E-state index is 11.1. The van der Waals surface area contributed by atoms with Crippen LogP contribution in [0, 0.1) is 0 Å². The molecule has 0 aliphatic carbocycles. The number of aliphatic carboxylic acids is 1. The molecule has 0 saturated carbocycles. The van der Waals surface area contributed by atoms with Gasteiger partial charge in [0.25, 0.3) is 0 Å². The van der Waals surface area contributed by atoms with E-state index in [1.54, 1.807) is 0 Å². The number of hydrogen-bond donors (Lipinski definition) is 2. The van der Waals surface area contributed by atoms with Gasteiger partial charge in [-0.2, -0.15) is 0 Å². The molecule has 0 amide bonds. The van der Waals surface area contributed by atoms with Crippen molar-refractivity contribution in [1.29, 1.82) is 0 Å². The van der Waals surface area contributed by atoms with Crippen molar-refractivity contribution in [1.82, 2.24) is 5.32 Å². The number of benzene rings is 1. The van der Waals surface area contributed by atoms with Crippen LogP contribution in [0.25, 0.3) is 0 Å². The summed E-state index contributed by atoms with van der Waals surface area (Å²) in [7, 11) is 0. The summed E-state index contributed by atoms with van der Waals surface area (Å²) >= 11 is 3.57. The molecule has 2 atom stereocenters. The Hall–Kier alpha value is -1.07. The maximum Gasteiger partial charge on any atom is 0.305 e. The first-order valence-electron chi connectivity index (χ1n) is 6.55. The Kier molecular flexibility index (Phi) is 4.82. The van der Waals surface area contributed by atoms with Gasteiger partial charge in [0.1, 0.15) is 0 Å². The van der Waals surface area contributed by atoms with Crippen molar-refractivity contribution in [2.24, 2.45) is 0 Å². The van der Waals surface area contributed by atoms with Gasteiger partial charge < -0.3 is 15.3 Å². The summed E-state index contributed by atoms with van der Waals surface area (Å²) in [6.07, 6.45) is 1.16. The third kappa shape index (κ3) is 3.48. The van der Waals surface area contributed by atoms with Gasteiger partial charge in [0, 0.05) is 17.1 Å². The molecule has 1 aliphatic rings. The summed E-state index contributed by atoms with van der Waals surface area (Å²) in [5.74, 6) is -0.752. The van der Waals surface area contributed by atoms with E-state index in [2.05, 4.69) is 33.1 Å². The Balaban J connectivity index is 2.34. The van der Waals surface area contributed by atoms with E-state index in [9.17, 15) is 4.79 Å². The van der Waals surface area contributed by atoms with E-state index in [4.69, 9.17) is 5.11 Å². The standard InChI is InChI=1S/C14H19BrN2O2/c1-10-6-7-16-9-11(8-14(18)19)17(10)13-5-3-2-4-12(13)15/h2-5,10-11,16H,6-9H2,1H3,(H,18,19). The molecule has 0 spiro atoms. The van der Waals surface area contributed by atoms with Crippen LogP contribution in [0.1, 0.15) is 19.8 Å². The van der Waals surface area contributed by atoms with Crippen LogP contribution in [-0.4, -0.2) is 36.2 Å². The number of anilines is 1. The van der Waals surface area contributed by atoms with E-state index in [1.807, 2.05) is 24.3 Å². The fourth-order valence-corrected chi connectivity index (χ4v) is 3.13. The zero-order chi connectivity index (χ0) is 13.8. The van der Waals surface area contributed by atoms with Crippen molar-refractivity contribution in [3.05, 3.63) is 28.7 Å². The van der Waals surface area contributed by atoms with E-state index in [-0.39, 0.29) is 12.5 Å². The maximum absolute atomic E-state index is 11.1. The predicted octanol–water partition coefficient (Wildman–Crippen LogP) is 2.48.